The normalized spacial score (nSPS) is 12.0. The van der Waals surface area contributed by atoms with Crippen LogP contribution in [0.1, 0.15) is 19.4 Å². The van der Waals surface area contributed by atoms with Crippen LogP contribution >= 0.6 is 0 Å². The molecule has 5 nitrogen and oxygen atoms in total. The fourth-order valence-corrected chi connectivity index (χ4v) is 1.90. The highest BCUT2D eigenvalue weighted by atomic mass is 16.6. The minimum Gasteiger partial charge on any atom is -0.445 e. The second-order valence-electron chi connectivity index (χ2n) is 4.74. The van der Waals surface area contributed by atoms with Gasteiger partial charge in [0.25, 0.3) is 0 Å². The van der Waals surface area contributed by atoms with E-state index >= 15 is 0 Å². The highest BCUT2D eigenvalue weighted by molar-refractivity contribution is 5.84. The Bertz CT molecular complexity index is 432. The first-order chi connectivity index (χ1) is 8.93. The molecule has 1 atom stereocenters. The van der Waals surface area contributed by atoms with Crippen molar-refractivity contribution in [3.05, 3.63) is 35.9 Å². The first kappa shape index (κ1) is 15.0. The summed E-state index contributed by atoms with van der Waals surface area (Å²) in [6.45, 7) is 3.83. The Morgan fingerprint density at radius 2 is 1.84 bits per heavy atom. The number of nitrogens with zero attached hydrogens (tertiary/aromatic N) is 1. The second kappa shape index (κ2) is 6.78. The summed E-state index contributed by atoms with van der Waals surface area (Å²) < 4.78 is 5.15. The lowest BCUT2D eigenvalue weighted by Crippen LogP contribution is -2.48. The number of hydrogen-bond acceptors (Lipinski definition) is 3. The van der Waals surface area contributed by atoms with Crippen LogP contribution in [0.15, 0.2) is 30.3 Å². The topological polar surface area (TPSA) is 72.6 Å². The van der Waals surface area contributed by atoms with Crippen LogP contribution in [0.3, 0.4) is 0 Å². The molecular formula is C14H20N2O3. The van der Waals surface area contributed by atoms with E-state index < -0.39 is 18.0 Å². The van der Waals surface area contributed by atoms with E-state index in [0.717, 1.165) is 5.56 Å². The Morgan fingerprint density at radius 3 is 2.32 bits per heavy atom. The van der Waals surface area contributed by atoms with Crippen molar-refractivity contribution in [1.29, 1.82) is 0 Å². The summed E-state index contributed by atoms with van der Waals surface area (Å²) in [4.78, 5) is 24.4. The largest absolute Gasteiger partial charge is 0.445 e. The van der Waals surface area contributed by atoms with Crippen LogP contribution in [0.25, 0.3) is 0 Å². The molecule has 19 heavy (non-hydrogen) atoms. The summed E-state index contributed by atoms with van der Waals surface area (Å²) >= 11 is 0. The van der Waals surface area contributed by atoms with E-state index in [2.05, 4.69) is 0 Å². The second-order valence-corrected chi connectivity index (χ2v) is 4.74. The lowest BCUT2D eigenvalue weighted by molar-refractivity contribution is -0.123. The monoisotopic (exact) mass is 264 g/mol. The number of carbonyl (C=O) groups is 2. The molecule has 2 amide bonds. The van der Waals surface area contributed by atoms with E-state index in [1.807, 2.05) is 44.2 Å². The van der Waals surface area contributed by atoms with Crippen LogP contribution < -0.4 is 5.73 Å². The van der Waals surface area contributed by atoms with Gasteiger partial charge >= 0.3 is 6.09 Å². The third-order valence-electron chi connectivity index (χ3n) is 2.83. The maximum absolute atomic E-state index is 11.9. The Morgan fingerprint density at radius 1 is 1.26 bits per heavy atom. The molecule has 0 aliphatic heterocycles. The van der Waals surface area contributed by atoms with E-state index in [4.69, 9.17) is 10.5 Å². The lowest BCUT2D eigenvalue weighted by Gasteiger charge is -2.27. The molecule has 5 heteroatoms. The van der Waals surface area contributed by atoms with Gasteiger partial charge in [-0.3, -0.25) is 9.69 Å². The average molecular weight is 264 g/mol. The summed E-state index contributed by atoms with van der Waals surface area (Å²) in [5.41, 5.74) is 6.19. The van der Waals surface area contributed by atoms with Gasteiger partial charge < -0.3 is 10.5 Å². The van der Waals surface area contributed by atoms with Gasteiger partial charge in [0.05, 0.1) is 0 Å². The molecule has 0 fully saturated rings. The lowest BCUT2D eigenvalue weighted by atomic mass is 10.0. The minimum atomic E-state index is -0.664. The summed E-state index contributed by atoms with van der Waals surface area (Å²) in [7, 11) is 1.52. The van der Waals surface area contributed by atoms with Crippen LogP contribution in [0, 0.1) is 5.92 Å². The number of nitrogens with two attached hydrogens (primary N) is 1. The number of likely N-dealkylation sites (N-methyl/N-ethyl adjacent to an activating group) is 1. The zero-order chi connectivity index (χ0) is 14.4. The highest BCUT2D eigenvalue weighted by Crippen LogP contribution is 2.11. The number of carbonyl (C=O) groups excluding carboxylic acids is 2. The highest BCUT2D eigenvalue weighted by Gasteiger charge is 2.28. The quantitative estimate of drug-likeness (QED) is 0.880. The Kier molecular flexibility index (Phi) is 5.36. The van der Waals surface area contributed by atoms with Gasteiger partial charge in [-0.15, -0.1) is 0 Å². The molecule has 1 aromatic carbocycles. The predicted octanol–water partition coefficient (Wildman–Crippen LogP) is 1.76. The fraction of sp³-hybridized carbons (Fsp3) is 0.429. The number of benzene rings is 1. The van der Waals surface area contributed by atoms with Gasteiger partial charge in [0, 0.05) is 7.05 Å². The Hall–Kier alpha value is -2.04. The van der Waals surface area contributed by atoms with E-state index in [0.29, 0.717) is 0 Å². The van der Waals surface area contributed by atoms with Crippen molar-refractivity contribution in [2.75, 3.05) is 7.05 Å². The van der Waals surface area contributed by atoms with Gasteiger partial charge in [-0.1, -0.05) is 44.2 Å². The van der Waals surface area contributed by atoms with Gasteiger partial charge in [0.1, 0.15) is 12.6 Å². The summed E-state index contributed by atoms with van der Waals surface area (Å²) in [5, 5.41) is 0. The van der Waals surface area contributed by atoms with Crippen molar-refractivity contribution in [2.24, 2.45) is 11.7 Å². The third-order valence-corrected chi connectivity index (χ3v) is 2.83. The molecule has 0 radical (unpaired) electrons. The van der Waals surface area contributed by atoms with E-state index in [1.165, 1.54) is 11.9 Å². The van der Waals surface area contributed by atoms with Crippen molar-refractivity contribution in [1.82, 2.24) is 4.90 Å². The van der Waals surface area contributed by atoms with Gasteiger partial charge in [-0.25, -0.2) is 4.79 Å². The average Bonchev–Trinajstić information content (AvgIpc) is 2.36. The molecule has 2 N–H and O–H groups in total. The van der Waals surface area contributed by atoms with Crippen LogP contribution in [-0.2, 0) is 16.1 Å². The number of rotatable bonds is 5. The predicted molar refractivity (Wildman–Crippen MR) is 72.2 cm³/mol. The maximum atomic E-state index is 11.9. The van der Waals surface area contributed by atoms with Crippen molar-refractivity contribution >= 4 is 12.0 Å². The standard InChI is InChI=1S/C14H20N2O3/c1-10(2)12(13(15)17)16(3)14(18)19-9-11-7-5-4-6-8-11/h4-8,10,12H,9H2,1-3H3,(H2,15,17)/t12-/m0/s1. The molecule has 0 saturated heterocycles. The maximum Gasteiger partial charge on any atom is 0.410 e. The first-order valence-electron chi connectivity index (χ1n) is 6.16. The molecule has 0 aliphatic carbocycles. The van der Waals surface area contributed by atoms with E-state index in [1.54, 1.807) is 0 Å². The fourth-order valence-electron chi connectivity index (χ4n) is 1.90. The van der Waals surface area contributed by atoms with Gasteiger partial charge in [-0.2, -0.15) is 0 Å². The molecule has 0 aliphatic rings. The minimum absolute atomic E-state index is 0.0632. The molecule has 0 spiro atoms. The summed E-state index contributed by atoms with van der Waals surface area (Å²) in [5.74, 6) is -0.596. The van der Waals surface area contributed by atoms with Gasteiger partial charge in [0.15, 0.2) is 0 Å². The Balaban J connectivity index is 2.59. The molecule has 1 aromatic rings. The number of primary amides is 1. The van der Waals surface area contributed by atoms with E-state index in [9.17, 15) is 9.59 Å². The zero-order valence-electron chi connectivity index (χ0n) is 11.5. The zero-order valence-corrected chi connectivity index (χ0v) is 11.5. The third kappa shape index (κ3) is 4.28. The van der Waals surface area contributed by atoms with Crippen LogP contribution in [0.5, 0.6) is 0 Å². The molecule has 104 valence electrons. The first-order valence-corrected chi connectivity index (χ1v) is 6.16. The molecule has 0 unspecified atom stereocenters. The van der Waals surface area contributed by atoms with Gasteiger partial charge in [0.2, 0.25) is 5.91 Å². The number of hydrogen-bond donors (Lipinski definition) is 1. The SMILES string of the molecule is CC(C)[C@@H](C(N)=O)N(C)C(=O)OCc1ccccc1. The van der Waals surface area contributed by atoms with Crippen molar-refractivity contribution in [3.63, 3.8) is 0 Å². The van der Waals surface area contributed by atoms with Crippen molar-refractivity contribution < 1.29 is 14.3 Å². The van der Waals surface area contributed by atoms with Crippen LogP contribution in [0.4, 0.5) is 4.79 Å². The summed E-state index contributed by atoms with van der Waals surface area (Å²) in [6.07, 6.45) is -0.554. The van der Waals surface area contributed by atoms with Gasteiger partial charge in [-0.05, 0) is 11.5 Å². The molecule has 0 bridgehead atoms. The number of amides is 2. The van der Waals surface area contributed by atoms with E-state index in [-0.39, 0.29) is 12.5 Å². The number of ether oxygens (including phenoxy) is 1. The van der Waals surface area contributed by atoms with Crippen LogP contribution in [0.2, 0.25) is 0 Å². The molecular weight excluding hydrogens is 244 g/mol. The molecule has 0 heterocycles. The summed E-state index contributed by atoms with van der Waals surface area (Å²) in [6, 6.07) is 8.69. The Labute approximate surface area is 113 Å². The van der Waals surface area contributed by atoms with Crippen molar-refractivity contribution in [2.45, 2.75) is 26.5 Å². The molecule has 0 aromatic heterocycles. The molecule has 1 rings (SSSR count). The van der Waals surface area contributed by atoms with Crippen LogP contribution in [-0.4, -0.2) is 30.0 Å². The molecule has 0 saturated carbocycles. The van der Waals surface area contributed by atoms with Crippen molar-refractivity contribution in [3.8, 4) is 0 Å². The smallest absolute Gasteiger partial charge is 0.410 e.